The molecule has 1 aromatic rings. The lowest BCUT2D eigenvalue weighted by atomic mass is 9.97. The van der Waals surface area contributed by atoms with Gasteiger partial charge >= 0.3 is 0 Å². The summed E-state index contributed by atoms with van der Waals surface area (Å²) < 4.78 is 0. The summed E-state index contributed by atoms with van der Waals surface area (Å²) >= 11 is 0. The highest BCUT2D eigenvalue weighted by atomic mass is 16.3. The predicted molar refractivity (Wildman–Crippen MR) is 76.4 cm³/mol. The van der Waals surface area contributed by atoms with E-state index in [1.165, 1.54) is 19.3 Å². The zero-order valence-corrected chi connectivity index (χ0v) is 11.8. The van der Waals surface area contributed by atoms with Crippen molar-refractivity contribution in [3.8, 4) is 5.75 Å². The second kappa shape index (κ2) is 6.20. The Morgan fingerprint density at radius 3 is 2.58 bits per heavy atom. The Kier molecular flexibility index (Phi) is 4.59. The molecule has 1 aliphatic carbocycles. The molecule has 0 amide bonds. The molecule has 3 heteroatoms. The first kappa shape index (κ1) is 14.1. The average molecular weight is 261 g/mol. The SMILES string of the molecule is CC1CCCC1CN(C)CC(=O)c1ccc(O)cc1. The van der Waals surface area contributed by atoms with Crippen LogP contribution in [0.1, 0.15) is 36.5 Å². The highest BCUT2D eigenvalue weighted by Gasteiger charge is 2.24. The Balaban J connectivity index is 1.86. The summed E-state index contributed by atoms with van der Waals surface area (Å²) in [5, 5.41) is 9.22. The van der Waals surface area contributed by atoms with Crippen LogP contribution in [0.2, 0.25) is 0 Å². The third-order valence-electron chi connectivity index (χ3n) is 4.19. The molecule has 0 radical (unpaired) electrons. The molecule has 1 saturated carbocycles. The number of rotatable bonds is 5. The molecule has 2 rings (SSSR count). The summed E-state index contributed by atoms with van der Waals surface area (Å²) in [7, 11) is 2.02. The van der Waals surface area contributed by atoms with Crippen LogP contribution in [-0.4, -0.2) is 35.9 Å². The number of ketones is 1. The Hall–Kier alpha value is -1.35. The number of Topliss-reactive ketones (excluding diaryl/α,β-unsaturated/α-hetero) is 1. The number of hydrogen-bond donors (Lipinski definition) is 1. The largest absolute Gasteiger partial charge is 0.508 e. The highest BCUT2D eigenvalue weighted by molar-refractivity contribution is 5.97. The molecular weight excluding hydrogens is 238 g/mol. The quantitative estimate of drug-likeness (QED) is 0.828. The number of nitrogens with zero attached hydrogens (tertiary/aromatic N) is 1. The second-order valence-electron chi connectivity index (χ2n) is 5.84. The van der Waals surface area contributed by atoms with Crippen LogP contribution in [0.25, 0.3) is 0 Å². The van der Waals surface area contributed by atoms with E-state index in [9.17, 15) is 9.90 Å². The summed E-state index contributed by atoms with van der Waals surface area (Å²) in [6.07, 6.45) is 3.94. The molecule has 0 heterocycles. The first-order valence-electron chi connectivity index (χ1n) is 7.07. The van der Waals surface area contributed by atoms with Crippen LogP contribution in [0.5, 0.6) is 5.75 Å². The molecule has 3 nitrogen and oxygen atoms in total. The fourth-order valence-electron chi connectivity index (χ4n) is 2.94. The van der Waals surface area contributed by atoms with Gasteiger partial charge in [0.05, 0.1) is 6.54 Å². The normalized spacial score (nSPS) is 22.9. The Labute approximate surface area is 115 Å². The van der Waals surface area contributed by atoms with E-state index in [-0.39, 0.29) is 11.5 Å². The monoisotopic (exact) mass is 261 g/mol. The molecular formula is C16H23NO2. The minimum absolute atomic E-state index is 0.119. The lowest BCUT2D eigenvalue weighted by Crippen LogP contribution is -2.31. The van der Waals surface area contributed by atoms with Gasteiger partial charge in [0.25, 0.3) is 0 Å². The lowest BCUT2D eigenvalue weighted by Gasteiger charge is -2.23. The number of benzene rings is 1. The van der Waals surface area contributed by atoms with Crippen LogP contribution in [-0.2, 0) is 0 Å². The summed E-state index contributed by atoms with van der Waals surface area (Å²) in [6.45, 7) is 3.77. The zero-order valence-electron chi connectivity index (χ0n) is 11.8. The van der Waals surface area contributed by atoms with Crippen molar-refractivity contribution in [3.05, 3.63) is 29.8 Å². The van der Waals surface area contributed by atoms with Crippen LogP contribution in [0, 0.1) is 11.8 Å². The van der Waals surface area contributed by atoms with E-state index in [0.29, 0.717) is 12.1 Å². The molecule has 1 fully saturated rings. The van der Waals surface area contributed by atoms with Crippen LogP contribution in [0.15, 0.2) is 24.3 Å². The van der Waals surface area contributed by atoms with Gasteiger partial charge in [-0.25, -0.2) is 0 Å². The maximum Gasteiger partial charge on any atom is 0.176 e. The molecule has 2 unspecified atom stereocenters. The Morgan fingerprint density at radius 2 is 2.00 bits per heavy atom. The summed E-state index contributed by atoms with van der Waals surface area (Å²) in [5.74, 6) is 1.83. The molecule has 1 aliphatic rings. The average Bonchev–Trinajstić information content (AvgIpc) is 2.75. The summed E-state index contributed by atoms with van der Waals surface area (Å²) in [5.41, 5.74) is 0.670. The van der Waals surface area contributed by atoms with Crippen molar-refractivity contribution in [2.24, 2.45) is 11.8 Å². The van der Waals surface area contributed by atoms with Gasteiger partial charge in [-0.15, -0.1) is 0 Å². The van der Waals surface area contributed by atoms with Gasteiger partial charge in [0.15, 0.2) is 5.78 Å². The standard InChI is InChI=1S/C16H23NO2/c1-12-4-3-5-14(12)10-17(2)11-16(19)13-6-8-15(18)9-7-13/h6-9,12,14,18H,3-5,10-11H2,1-2H3. The van der Waals surface area contributed by atoms with Gasteiger partial charge in [-0.3, -0.25) is 9.69 Å². The van der Waals surface area contributed by atoms with Gasteiger partial charge in [0.2, 0.25) is 0 Å². The third-order valence-corrected chi connectivity index (χ3v) is 4.19. The number of carbonyl (C=O) groups is 1. The first-order chi connectivity index (χ1) is 9.06. The van der Waals surface area contributed by atoms with Crippen LogP contribution >= 0.6 is 0 Å². The van der Waals surface area contributed by atoms with Gasteiger partial charge in [0, 0.05) is 12.1 Å². The van der Waals surface area contributed by atoms with Crippen molar-refractivity contribution in [1.29, 1.82) is 0 Å². The summed E-state index contributed by atoms with van der Waals surface area (Å²) in [6, 6.07) is 6.49. The number of aromatic hydroxyl groups is 1. The van der Waals surface area contributed by atoms with Gasteiger partial charge in [-0.1, -0.05) is 19.8 Å². The van der Waals surface area contributed by atoms with E-state index in [2.05, 4.69) is 11.8 Å². The van der Waals surface area contributed by atoms with E-state index in [0.717, 1.165) is 18.4 Å². The minimum atomic E-state index is 0.119. The lowest BCUT2D eigenvalue weighted by molar-refractivity contribution is 0.0933. The molecule has 0 bridgehead atoms. The first-order valence-corrected chi connectivity index (χ1v) is 7.07. The number of hydrogen-bond acceptors (Lipinski definition) is 3. The third kappa shape index (κ3) is 3.80. The molecule has 0 spiro atoms. The molecule has 0 saturated heterocycles. The molecule has 1 N–H and O–H groups in total. The minimum Gasteiger partial charge on any atom is -0.508 e. The van der Waals surface area contributed by atoms with E-state index < -0.39 is 0 Å². The number of likely N-dealkylation sites (N-methyl/N-ethyl adjacent to an activating group) is 1. The molecule has 0 aromatic heterocycles. The van der Waals surface area contributed by atoms with Gasteiger partial charge in [-0.2, -0.15) is 0 Å². The van der Waals surface area contributed by atoms with E-state index in [1.54, 1.807) is 24.3 Å². The summed E-state index contributed by atoms with van der Waals surface area (Å²) in [4.78, 5) is 14.2. The molecule has 2 atom stereocenters. The zero-order chi connectivity index (χ0) is 13.8. The second-order valence-corrected chi connectivity index (χ2v) is 5.84. The van der Waals surface area contributed by atoms with Crippen LogP contribution < -0.4 is 0 Å². The number of carbonyl (C=O) groups excluding carboxylic acids is 1. The van der Waals surface area contributed by atoms with Gasteiger partial charge in [-0.05, 0) is 49.6 Å². The molecule has 1 aromatic carbocycles. The highest BCUT2D eigenvalue weighted by Crippen LogP contribution is 2.31. The Bertz CT molecular complexity index is 427. The van der Waals surface area contributed by atoms with Crippen LogP contribution in [0.4, 0.5) is 0 Å². The molecule has 104 valence electrons. The van der Waals surface area contributed by atoms with Crippen molar-refractivity contribution in [2.75, 3.05) is 20.1 Å². The number of phenols is 1. The number of phenolic OH excluding ortho intramolecular Hbond substituents is 1. The maximum absolute atomic E-state index is 12.1. The van der Waals surface area contributed by atoms with Crippen molar-refractivity contribution < 1.29 is 9.90 Å². The van der Waals surface area contributed by atoms with Crippen molar-refractivity contribution in [1.82, 2.24) is 4.90 Å². The van der Waals surface area contributed by atoms with Crippen molar-refractivity contribution in [2.45, 2.75) is 26.2 Å². The van der Waals surface area contributed by atoms with Gasteiger partial charge < -0.3 is 5.11 Å². The fraction of sp³-hybridized carbons (Fsp3) is 0.562. The smallest absolute Gasteiger partial charge is 0.176 e. The van der Waals surface area contributed by atoms with Crippen LogP contribution in [0.3, 0.4) is 0 Å². The predicted octanol–water partition coefficient (Wildman–Crippen LogP) is 2.94. The van der Waals surface area contributed by atoms with E-state index in [4.69, 9.17) is 0 Å². The fourth-order valence-corrected chi connectivity index (χ4v) is 2.94. The molecule has 0 aliphatic heterocycles. The van der Waals surface area contributed by atoms with E-state index >= 15 is 0 Å². The topological polar surface area (TPSA) is 40.5 Å². The van der Waals surface area contributed by atoms with E-state index in [1.807, 2.05) is 7.05 Å². The maximum atomic E-state index is 12.1. The Morgan fingerprint density at radius 1 is 1.32 bits per heavy atom. The van der Waals surface area contributed by atoms with Crippen molar-refractivity contribution >= 4 is 5.78 Å². The van der Waals surface area contributed by atoms with Gasteiger partial charge in [0.1, 0.15) is 5.75 Å². The molecule has 19 heavy (non-hydrogen) atoms. The van der Waals surface area contributed by atoms with Crippen molar-refractivity contribution in [3.63, 3.8) is 0 Å².